The quantitative estimate of drug-likeness (QED) is 0.769. The molecule has 1 atom stereocenters. The van der Waals surface area contributed by atoms with E-state index in [4.69, 9.17) is 11.6 Å². The predicted octanol–water partition coefficient (Wildman–Crippen LogP) is 4.33. The maximum Gasteiger partial charge on any atom is 0.251 e. The SMILES string of the molecule is Cc1ccnn1-c1ccc(C(=O)N[C@@H](C)c2cccc(Cl)c2)cc1. The fraction of sp³-hybridized carbons (Fsp3) is 0.158. The molecule has 0 aliphatic carbocycles. The van der Waals surface area contributed by atoms with E-state index in [1.807, 2.05) is 61.0 Å². The van der Waals surface area contributed by atoms with Gasteiger partial charge in [-0.3, -0.25) is 4.79 Å². The molecule has 0 spiro atoms. The van der Waals surface area contributed by atoms with E-state index in [9.17, 15) is 4.79 Å². The van der Waals surface area contributed by atoms with Gasteiger partial charge in [0.2, 0.25) is 0 Å². The number of amides is 1. The average molecular weight is 340 g/mol. The van der Waals surface area contributed by atoms with Crippen molar-refractivity contribution in [2.45, 2.75) is 19.9 Å². The van der Waals surface area contributed by atoms with Gasteiger partial charge < -0.3 is 5.32 Å². The van der Waals surface area contributed by atoms with E-state index in [0.717, 1.165) is 16.9 Å². The topological polar surface area (TPSA) is 46.9 Å². The van der Waals surface area contributed by atoms with E-state index in [0.29, 0.717) is 10.6 Å². The number of aryl methyl sites for hydroxylation is 1. The molecule has 1 amide bonds. The van der Waals surface area contributed by atoms with Crippen molar-refractivity contribution < 1.29 is 4.79 Å². The lowest BCUT2D eigenvalue weighted by atomic mass is 10.1. The Balaban J connectivity index is 1.72. The van der Waals surface area contributed by atoms with Crippen molar-refractivity contribution in [3.8, 4) is 5.69 Å². The summed E-state index contributed by atoms with van der Waals surface area (Å²) in [6.45, 7) is 3.92. The Hall–Kier alpha value is -2.59. The molecule has 0 aliphatic heterocycles. The highest BCUT2D eigenvalue weighted by molar-refractivity contribution is 6.30. The largest absolute Gasteiger partial charge is 0.346 e. The molecule has 0 unspecified atom stereocenters. The van der Waals surface area contributed by atoms with Crippen LogP contribution >= 0.6 is 11.6 Å². The van der Waals surface area contributed by atoms with Gasteiger partial charge >= 0.3 is 0 Å². The number of halogens is 1. The minimum Gasteiger partial charge on any atom is -0.346 e. The molecular weight excluding hydrogens is 322 g/mol. The van der Waals surface area contributed by atoms with E-state index >= 15 is 0 Å². The average Bonchev–Trinajstić information content (AvgIpc) is 3.01. The number of nitrogens with one attached hydrogen (secondary N) is 1. The number of carbonyl (C=O) groups excluding carboxylic acids is 1. The van der Waals surface area contributed by atoms with Gasteiger partial charge in [0.1, 0.15) is 0 Å². The Morgan fingerprint density at radius 2 is 1.92 bits per heavy atom. The maximum absolute atomic E-state index is 12.4. The Morgan fingerprint density at radius 1 is 1.17 bits per heavy atom. The summed E-state index contributed by atoms with van der Waals surface area (Å²) in [4.78, 5) is 12.4. The minimum absolute atomic E-state index is 0.119. The molecule has 2 aromatic carbocycles. The van der Waals surface area contributed by atoms with Crippen LogP contribution < -0.4 is 5.32 Å². The predicted molar refractivity (Wildman–Crippen MR) is 95.6 cm³/mol. The normalized spacial score (nSPS) is 12.0. The third-order valence-corrected chi connectivity index (χ3v) is 4.14. The number of nitrogens with zero attached hydrogens (tertiary/aromatic N) is 2. The molecule has 1 aromatic heterocycles. The summed E-state index contributed by atoms with van der Waals surface area (Å²) in [7, 11) is 0. The highest BCUT2D eigenvalue weighted by Gasteiger charge is 2.12. The second-order valence-corrected chi connectivity index (χ2v) is 6.12. The van der Waals surface area contributed by atoms with Gasteiger partial charge in [0.05, 0.1) is 11.7 Å². The Labute approximate surface area is 146 Å². The van der Waals surface area contributed by atoms with Crippen molar-refractivity contribution in [2.75, 3.05) is 0 Å². The number of benzene rings is 2. The van der Waals surface area contributed by atoms with Gasteiger partial charge in [-0.25, -0.2) is 4.68 Å². The molecule has 0 fully saturated rings. The summed E-state index contributed by atoms with van der Waals surface area (Å²) >= 11 is 6.00. The Kier molecular flexibility index (Phi) is 4.67. The van der Waals surface area contributed by atoms with E-state index in [1.165, 1.54) is 0 Å². The number of rotatable bonds is 4. The van der Waals surface area contributed by atoms with Gasteiger partial charge in [0.25, 0.3) is 5.91 Å². The lowest BCUT2D eigenvalue weighted by Crippen LogP contribution is -2.26. The van der Waals surface area contributed by atoms with E-state index in [-0.39, 0.29) is 11.9 Å². The molecule has 0 saturated heterocycles. The number of aromatic nitrogens is 2. The molecule has 4 nitrogen and oxygen atoms in total. The van der Waals surface area contributed by atoms with Gasteiger partial charge in [-0.2, -0.15) is 5.10 Å². The van der Waals surface area contributed by atoms with Crippen LogP contribution in [0.5, 0.6) is 0 Å². The third-order valence-electron chi connectivity index (χ3n) is 3.90. The van der Waals surface area contributed by atoms with Crippen LogP contribution in [-0.4, -0.2) is 15.7 Å². The summed E-state index contributed by atoms with van der Waals surface area (Å²) in [5, 5.41) is 7.91. The van der Waals surface area contributed by atoms with Crippen LogP contribution in [-0.2, 0) is 0 Å². The van der Waals surface area contributed by atoms with Crippen LogP contribution in [0.2, 0.25) is 5.02 Å². The first-order valence-electron chi connectivity index (χ1n) is 7.72. The van der Waals surface area contributed by atoms with Crippen molar-refractivity contribution in [3.05, 3.63) is 82.6 Å². The molecule has 5 heteroatoms. The fourth-order valence-electron chi connectivity index (χ4n) is 2.53. The molecule has 1 N–H and O–H groups in total. The highest BCUT2D eigenvalue weighted by atomic mass is 35.5. The van der Waals surface area contributed by atoms with Crippen molar-refractivity contribution in [2.24, 2.45) is 0 Å². The van der Waals surface area contributed by atoms with Crippen molar-refractivity contribution in [3.63, 3.8) is 0 Å². The molecule has 0 radical (unpaired) electrons. The summed E-state index contributed by atoms with van der Waals surface area (Å²) in [6.07, 6.45) is 1.75. The molecule has 122 valence electrons. The van der Waals surface area contributed by atoms with Crippen molar-refractivity contribution >= 4 is 17.5 Å². The van der Waals surface area contributed by atoms with Gasteiger partial charge in [-0.05, 0) is 61.9 Å². The Bertz CT molecular complexity index is 855. The molecule has 24 heavy (non-hydrogen) atoms. The van der Waals surface area contributed by atoms with Crippen molar-refractivity contribution in [1.29, 1.82) is 0 Å². The molecule has 0 aliphatic rings. The summed E-state index contributed by atoms with van der Waals surface area (Å²) in [6, 6.07) is 16.7. The third kappa shape index (κ3) is 3.49. The van der Waals surface area contributed by atoms with Crippen LogP contribution in [0.1, 0.15) is 34.6 Å². The van der Waals surface area contributed by atoms with E-state index in [2.05, 4.69) is 10.4 Å². The van der Waals surface area contributed by atoms with Crippen LogP contribution in [0, 0.1) is 6.92 Å². The zero-order valence-electron chi connectivity index (χ0n) is 13.5. The second-order valence-electron chi connectivity index (χ2n) is 5.68. The molecule has 0 saturated carbocycles. The van der Waals surface area contributed by atoms with Gasteiger partial charge in [0.15, 0.2) is 0 Å². The number of hydrogen-bond donors (Lipinski definition) is 1. The first-order chi connectivity index (χ1) is 11.5. The van der Waals surface area contributed by atoms with Crippen LogP contribution in [0.4, 0.5) is 0 Å². The lowest BCUT2D eigenvalue weighted by molar-refractivity contribution is 0.0940. The molecule has 0 bridgehead atoms. The summed E-state index contributed by atoms with van der Waals surface area (Å²) < 4.78 is 1.83. The second kappa shape index (κ2) is 6.89. The van der Waals surface area contributed by atoms with Crippen LogP contribution in [0.3, 0.4) is 0 Å². The molecule has 3 aromatic rings. The van der Waals surface area contributed by atoms with E-state index in [1.54, 1.807) is 18.3 Å². The summed E-state index contributed by atoms with van der Waals surface area (Å²) in [5.74, 6) is -0.119. The highest BCUT2D eigenvalue weighted by Crippen LogP contribution is 2.18. The van der Waals surface area contributed by atoms with Gasteiger partial charge in [-0.15, -0.1) is 0 Å². The summed E-state index contributed by atoms with van der Waals surface area (Å²) in [5.41, 5.74) is 3.55. The molecular formula is C19H18ClN3O. The van der Waals surface area contributed by atoms with Gasteiger partial charge in [0, 0.05) is 22.5 Å². The molecule has 1 heterocycles. The minimum atomic E-state index is -0.121. The zero-order chi connectivity index (χ0) is 17.1. The zero-order valence-corrected chi connectivity index (χ0v) is 14.3. The van der Waals surface area contributed by atoms with Crippen molar-refractivity contribution in [1.82, 2.24) is 15.1 Å². The first-order valence-corrected chi connectivity index (χ1v) is 8.10. The maximum atomic E-state index is 12.4. The Morgan fingerprint density at radius 3 is 2.54 bits per heavy atom. The fourth-order valence-corrected chi connectivity index (χ4v) is 2.73. The van der Waals surface area contributed by atoms with E-state index < -0.39 is 0 Å². The van der Waals surface area contributed by atoms with Crippen LogP contribution in [0.15, 0.2) is 60.8 Å². The standard InChI is InChI=1S/C19H18ClN3O/c1-13-10-11-21-23(13)18-8-6-15(7-9-18)19(24)22-14(2)16-4-3-5-17(20)12-16/h3-12,14H,1-2H3,(H,22,24)/t14-/m0/s1. The monoisotopic (exact) mass is 339 g/mol. The number of carbonyl (C=O) groups is 1. The van der Waals surface area contributed by atoms with Crippen LogP contribution in [0.25, 0.3) is 5.69 Å². The number of hydrogen-bond acceptors (Lipinski definition) is 2. The lowest BCUT2D eigenvalue weighted by Gasteiger charge is -2.15. The smallest absolute Gasteiger partial charge is 0.251 e. The van der Waals surface area contributed by atoms with Gasteiger partial charge in [-0.1, -0.05) is 23.7 Å². The molecule has 3 rings (SSSR count). The first kappa shape index (κ1) is 16.3.